The maximum absolute atomic E-state index is 6.10. The van der Waals surface area contributed by atoms with Gasteiger partial charge in [-0.05, 0) is 55.5 Å². The third kappa shape index (κ3) is 4.39. The van der Waals surface area contributed by atoms with Crippen LogP contribution < -0.4 is 5.32 Å². The van der Waals surface area contributed by atoms with Crippen LogP contribution in [0.5, 0.6) is 0 Å². The lowest BCUT2D eigenvalue weighted by molar-refractivity contribution is 0.476. The van der Waals surface area contributed by atoms with Crippen molar-refractivity contribution in [3.63, 3.8) is 0 Å². The van der Waals surface area contributed by atoms with Gasteiger partial charge in [-0.1, -0.05) is 37.3 Å². The monoisotopic (exact) mass is 291 g/mol. The number of hydrogen-bond acceptors (Lipinski definition) is 2. The molecule has 0 spiro atoms. The SMILES string of the molecule is CCCNC(CCCc1ccccc1)c1ccoc1Cl. The summed E-state index contributed by atoms with van der Waals surface area (Å²) in [5.41, 5.74) is 2.47. The lowest BCUT2D eigenvalue weighted by Crippen LogP contribution is -2.22. The summed E-state index contributed by atoms with van der Waals surface area (Å²) < 4.78 is 5.22. The van der Waals surface area contributed by atoms with Crippen LogP contribution in [0.3, 0.4) is 0 Å². The summed E-state index contributed by atoms with van der Waals surface area (Å²) in [6.45, 7) is 3.17. The van der Waals surface area contributed by atoms with Crippen LogP contribution in [0.1, 0.15) is 43.4 Å². The van der Waals surface area contributed by atoms with Crippen LogP contribution >= 0.6 is 11.6 Å². The molecular weight excluding hydrogens is 270 g/mol. The van der Waals surface area contributed by atoms with Crippen molar-refractivity contribution in [1.29, 1.82) is 0 Å². The second-order valence-corrected chi connectivity index (χ2v) is 5.38. The van der Waals surface area contributed by atoms with E-state index >= 15 is 0 Å². The van der Waals surface area contributed by atoms with Crippen molar-refractivity contribution >= 4 is 11.6 Å². The Hall–Kier alpha value is -1.25. The third-order valence-corrected chi connectivity index (χ3v) is 3.77. The molecule has 1 aromatic carbocycles. The van der Waals surface area contributed by atoms with E-state index in [4.69, 9.17) is 16.0 Å². The Morgan fingerprint density at radius 1 is 1.20 bits per heavy atom. The van der Waals surface area contributed by atoms with E-state index in [9.17, 15) is 0 Å². The molecule has 108 valence electrons. The van der Waals surface area contributed by atoms with E-state index in [2.05, 4.69) is 42.6 Å². The van der Waals surface area contributed by atoms with E-state index < -0.39 is 0 Å². The minimum absolute atomic E-state index is 0.282. The molecule has 2 rings (SSSR count). The predicted molar refractivity (Wildman–Crippen MR) is 84.1 cm³/mol. The normalized spacial score (nSPS) is 12.5. The van der Waals surface area contributed by atoms with Gasteiger partial charge < -0.3 is 9.73 Å². The summed E-state index contributed by atoms with van der Waals surface area (Å²) in [5.74, 6) is 0. The average Bonchev–Trinajstić information content (AvgIpc) is 2.90. The molecule has 0 fully saturated rings. The van der Waals surface area contributed by atoms with E-state index in [1.165, 1.54) is 5.56 Å². The summed E-state index contributed by atoms with van der Waals surface area (Å²) in [6, 6.07) is 12.9. The summed E-state index contributed by atoms with van der Waals surface area (Å²) in [6.07, 6.45) is 6.07. The van der Waals surface area contributed by atoms with Gasteiger partial charge in [0.05, 0.1) is 6.26 Å². The van der Waals surface area contributed by atoms with Gasteiger partial charge in [0, 0.05) is 11.6 Å². The van der Waals surface area contributed by atoms with Gasteiger partial charge in [0.25, 0.3) is 0 Å². The molecule has 1 heterocycles. The fourth-order valence-corrected chi connectivity index (χ4v) is 2.64. The average molecular weight is 292 g/mol. The number of hydrogen-bond donors (Lipinski definition) is 1. The molecule has 2 nitrogen and oxygen atoms in total. The zero-order chi connectivity index (χ0) is 14.2. The first-order valence-electron chi connectivity index (χ1n) is 7.31. The minimum atomic E-state index is 0.282. The van der Waals surface area contributed by atoms with E-state index in [0.29, 0.717) is 5.22 Å². The summed E-state index contributed by atoms with van der Waals surface area (Å²) in [7, 11) is 0. The van der Waals surface area contributed by atoms with Gasteiger partial charge in [0.2, 0.25) is 0 Å². The Morgan fingerprint density at radius 3 is 2.65 bits per heavy atom. The van der Waals surface area contributed by atoms with Gasteiger partial charge >= 0.3 is 0 Å². The maximum Gasteiger partial charge on any atom is 0.197 e. The second kappa shape index (κ2) is 8.13. The Bertz CT molecular complexity index is 495. The van der Waals surface area contributed by atoms with Gasteiger partial charge in [-0.3, -0.25) is 0 Å². The van der Waals surface area contributed by atoms with Crippen LogP contribution in [0.25, 0.3) is 0 Å². The molecule has 1 unspecified atom stereocenters. The topological polar surface area (TPSA) is 25.2 Å². The van der Waals surface area contributed by atoms with Gasteiger partial charge in [0.15, 0.2) is 5.22 Å². The largest absolute Gasteiger partial charge is 0.453 e. The molecule has 2 aromatic rings. The number of furan rings is 1. The van der Waals surface area contributed by atoms with Crippen LogP contribution in [0.2, 0.25) is 5.22 Å². The molecule has 0 saturated carbocycles. The highest BCUT2D eigenvalue weighted by Gasteiger charge is 2.15. The number of aryl methyl sites for hydroxylation is 1. The molecule has 3 heteroatoms. The maximum atomic E-state index is 6.10. The predicted octanol–water partition coefficient (Wildman–Crippen LogP) is 5.00. The van der Waals surface area contributed by atoms with Crippen molar-refractivity contribution in [1.82, 2.24) is 5.32 Å². The number of halogens is 1. The summed E-state index contributed by atoms with van der Waals surface area (Å²) in [4.78, 5) is 0. The molecule has 0 bridgehead atoms. The lowest BCUT2D eigenvalue weighted by Gasteiger charge is -2.17. The smallest absolute Gasteiger partial charge is 0.197 e. The second-order valence-electron chi connectivity index (χ2n) is 5.03. The van der Waals surface area contributed by atoms with Crippen LogP contribution in [0.15, 0.2) is 47.1 Å². The van der Waals surface area contributed by atoms with Crippen LogP contribution in [-0.4, -0.2) is 6.54 Å². The minimum Gasteiger partial charge on any atom is -0.453 e. The van der Waals surface area contributed by atoms with Crippen LogP contribution in [-0.2, 0) is 6.42 Å². The van der Waals surface area contributed by atoms with Gasteiger partial charge in [0.1, 0.15) is 0 Å². The molecule has 0 aliphatic rings. The molecule has 0 aliphatic carbocycles. The fourth-order valence-electron chi connectivity index (χ4n) is 2.39. The van der Waals surface area contributed by atoms with Crippen molar-refractivity contribution in [2.24, 2.45) is 0 Å². The first kappa shape index (κ1) is 15.1. The highest BCUT2D eigenvalue weighted by Crippen LogP contribution is 2.27. The van der Waals surface area contributed by atoms with Crippen molar-refractivity contribution in [3.05, 3.63) is 59.0 Å². The third-order valence-electron chi connectivity index (χ3n) is 3.46. The quantitative estimate of drug-likeness (QED) is 0.740. The zero-order valence-corrected chi connectivity index (χ0v) is 12.7. The summed E-state index contributed by atoms with van der Waals surface area (Å²) in [5, 5.41) is 4.07. The van der Waals surface area contributed by atoms with E-state index in [1.807, 2.05) is 6.07 Å². The number of benzene rings is 1. The Kier molecular flexibility index (Phi) is 6.16. The first-order valence-corrected chi connectivity index (χ1v) is 7.69. The van der Waals surface area contributed by atoms with Crippen molar-refractivity contribution in [2.45, 2.75) is 38.6 Å². The number of rotatable bonds is 8. The molecular formula is C17H22ClNO. The highest BCUT2D eigenvalue weighted by molar-refractivity contribution is 6.29. The molecule has 0 radical (unpaired) electrons. The highest BCUT2D eigenvalue weighted by atomic mass is 35.5. The Morgan fingerprint density at radius 2 is 2.00 bits per heavy atom. The van der Waals surface area contributed by atoms with E-state index in [-0.39, 0.29) is 6.04 Å². The molecule has 1 atom stereocenters. The van der Waals surface area contributed by atoms with Crippen molar-refractivity contribution < 1.29 is 4.42 Å². The van der Waals surface area contributed by atoms with Gasteiger partial charge in [-0.25, -0.2) is 0 Å². The van der Waals surface area contributed by atoms with Gasteiger partial charge in [-0.2, -0.15) is 0 Å². The van der Waals surface area contributed by atoms with Crippen molar-refractivity contribution in [2.75, 3.05) is 6.54 Å². The standard InChI is InChI=1S/C17H22ClNO/c1-2-12-19-16(15-11-13-20-17(15)18)10-6-9-14-7-4-3-5-8-14/h3-5,7-8,11,13,16,19H,2,6,9-10,12H2,1H3. The zero-order valence-electron chi connectivity index (χ0n) is 11.9. The van der Waals surface area contributed by atoms with Gasteiger partial charge in [-0.15, -0.1) is 0 Å². The van der Waals surface area contributed by atoms with Crippen molar-refractivity contribution in [3.8, 4) is 0 Å². The lowest BCUT2D eigenvalue weighted by atomic mass is 10.0. The Balaban J connectivity index is 1.89. The molecule has 0 aliphatic heterocycles. The summed E-state index contributed by atoms with van der Waals surface area (Å²) >= 11 is 6.10. The fraction of sp³-hybridized carbons (Fsp3) is 0.412. The van der Waals surface area contributed by atoms with E-state index in [1.54, 1.807) is 6.26 Å². The molecule has 0 saturated heterocycles. The molecule has 0 amide bonds. The first-order chi connectivity index (χ1) is 9.81. The Labute approximate surface area is 126 Å². The van der Waals surface area contributed by atoms with Crippen LogP contribution in [0, 0.1) is 0 Å². The van der Waals surface area contributed by atoms with Crippen LogP contribution in [0.4, 0.5) is 0 Å². The molecule has 20 heavy (non-hydrogen) atoms. The molecule has 1 aromatic heterocycles. The molecule has 1 N–H and O–H groups in total. The van der Waals surface area contributed by atoms with E-state index in [0.717, 1.165) is 37.8 Å². The number of nitrogens with one attached hydrogen (secondary N) is 1.